The van der Waals surface area contributed by atoms with Crippen molar-refractivity contribution in [2.75, 3.05) is 0 Å². The third-order valence-corrected chi connectivity index (χ3v) is 3.21. The molecule has 0 unspecified atom stereocenters. The SMILES string of the molecule is N#CCn1nnc(CO)c1C1CCCCC1. The first-order valence-electron chi connectivity index (χ1n) is 5.77. The van der Waals surface area contributed by atoms with Crippen LogP contribution in [0.25, 0.3) is 0 Å². The fraction of sp³-hybridized carbons (Fsp3) is 0.727. The summed E-state index contributed by atoms with van der Waals surface area (Å²) in [5, 5.41) is 25.8. The van der Waals surface area contributed by atoms with Gasteiger partial charge in [0, 0.05) is 5.92 Å². The molecule has 5 nitrogen and oxygen atoms in total. The summed E-state index contributed by atoms with van der Waals surface area (Å²) in [7, 11) is 0. The summed E-state index contributed by atoms with van der Waals surface area (Å²) >= 11 is 0. The lowest BCUT2D eigenvalue weighted by molar-refractivity contribution is 0.273. The summed E-state index contributed by atoms with van der Waals surface area (Å²) < 4.78 is 1.64. The number of rotatable bonds is 3. The van der Waals surface area contributed by atoms with E-state index in [1.54, 1.807) is 4.68 Å². The number of aromatic nitrogens is 3. The number of nitriles is 1. The molecule has 0 spiro atoms. The number of hydrogen-bond donors (Lipinski definition) is 1. The van der Waals surface area contributed by atoms with Crippen LogP contribution >= 0.6 is 0 Å². The van der Waals surface area contributed by atoms with Gasteiger partial charge < -0.3 is 5.11 Å². The van der Waals surface area contributed by atoms with E-state index in [1.165, 1.54) is 19.3 Å². The van der Waals surface area contributed by atoms with Crippen molar-refractivity contribution in [1.82, 2.24) is 15.0 Å². The van der Waals surface area contributed by atoms with Crippen LogP contribution in [0.1, 0.15) is 49.4 Å². The normalized spacial score (nSPS) is 17.2. The summed E-state index contributed by atoms with van der Waals surface area (Å²) in [5.41, 5.74) is 1.62. The maximum atomic E-state index is 9.23. The number of aliphatic hydroxyl groups excluding tert-OH is 1. The van der Waals surface area contributed by atoms with Gasteiger partial charge in [-0.25, -0.2) is 4.68 Å². The number of aliphatic hydroxyl groups is 1. The largest absolute Gasteiger partial charge is 0.390 e. The Hall–Kier alpha value is -1.41. The lowest BCUT2D eigenvalue weighted by atomic mass is 9.86. The van der Waals surface area contributed by atoms with Crippen LogP contribution in [0.15, 0.2) is 0 Å². The van der Waals surface area contributed by atoms with E-state index in [0.29, 0.717) is 11.6 Å². The Labute approximate surface area is 94.7 Å². The average molecular weight is 220 g/mol. The van der Waals surface area contributed by atoms with Gasteiger partial charge in [0.2, 0.25) is 0 Å². The van der Waals surface area contributed by atoms with E-state index >= 15 is 0 Å². The number of nitrogens with zero attached hydrogens (tertiary/aromatic N) is 4. The minimum absolute atomic E-state index is 0.0860. The third kappa shape index (κ3) is 2.07. The van der Waals surface area contributed by atoms with Gasteiger partial charge in [-0.2, -0.15) is 5.26 Å². The van der Waals surface area contributed by atoms with Crippen LogP contribution in [0.3, 0.4) is 0 Å². The van der Waals surface area contributed by atoms with Gasteiger partial charge in [-0.3, -0.25) is 0 Å². The molecule has 0 aliphatic heterocycles. The zero-order valence-electron chi connectivity index (χ0n) is 9.26. The predicted octanol–water partition coefficient (Wildman–Crippen LogP) is 1.34. The predicted molar refractivity (Wildman–Crippen MR) is 57.4 cm³/mol. The van der Waals surface area contributed by atoms with Crippen LogP contribution < -0.4 is 0 Å². The monoisotopic (exact) mass is 220 g/mol. The molecule has 86 valence electrons. The third-order valence-electron chi connectivity index (χ3n) is 3.21. The molecule has 2 rings (SSSR count). The summed E-state index contributed by atoms with van der Waals surface area (Å²) in [6, 6.07) is 2.08. The molecular weight excluding hydrogens is 204 g/mol. The van der Waals surface area contributed by atoms with Gasteiger partial charge in [-0.15, -0.1) is 5.10 Å². The van der Waals surface area contributed by atoms with Gasteiger partial charge in [-0.1, -0.05) is 24.5 Å². The number of hydrogen-bond acceptors (Lipinski definition) is 4. The van der Waals surface area contributed by atoms with E-state index in [-0.39, 0.29) is 13.2 Å². The quantitative estimate of drug-likeness (QED) is 0.834. The Morgan fingerprint density at radius 3 is 2.75 bits per heavy atom. The molecule has 0 aromatic carbocycles. The minimum Gasteiger partial charge on any atom is -0.390 e. The molecule has 1 aromatic heterocycles. The van der Waals surface area contributed by atoms with Crippen molar-refractivity contribution < 1.29 is 5.11 Å². The molecule has 5 heteroatoms. The van der Waals surface area contributed by atoms with Gasteiger partial charge >= 0.3 is 0 Å². The Morgan fingerprint density at radius 1 is 1.38 bits per heavy atom. The summed E-state index contributed by atoms with van der Waals surface area (Å²) in [6.45, 7) is 0.135. The van der Waals surface area contributed by atoms with E-state index in [1.807, 2.05) is 0 Å². The van der Waals surface area contributed by atoms with Gasteiger partial charge in [0.05, 0.1) is 18.4 Å². The molecule has 1 fully saturated rings. The molecule has 1 saturated carbocycles. The minimum atomic E-state index is -0.0860. The van der Waals surface area contributed by atoms with Crippen LogP contribution in [0.2, 0.25) is 0 Å². The zero-order valence-corrected chi connectivity index (χ0v) is 9.26. The molecule has 0 amide bonds. The van der Waals surface area contributed by atoms with E-state index in [9.17, 15) is 5.11 Å². The van der Waals surface area contributed by atoms with Crippen LogP contribution in [0.5, 0.6) is 0 Å². The highest BCUT2D eigenvalue weighted by atomic mass is 16.3. The van der Waals surface area contributed by atoms with Gasteiger partial charge in [-0.05, 0) is 12.8 Å². The van der Waals surface area contributed by atoms with Crippen LogP contribution in [-0.2, 0) is 13.2 Å². The van der Waals surface area contributed by atoms with Crippen molar-refractivity contribution in [3.05, 3.63) is 11.4 Å². The van der Waals surface area contributed by atoms with Gasteiger partial charge in [0.1, 0.15) is 12.2 Å². The van der Waals surface area contributed by atoms with Crippen LogP contribution in [-0.4, -0.2) is 20.1 Å². The zero-order chi connectivity index (χ0) is 11.4. The molecule has 1 heterocycles. The second-order valence-electron chi connectivity index (χ2n) is 4.23. The summed E-state index contributed by atoms with van der Waals surface area (Å²) in [5.74, 6) is 0.416. The smallest absolute Gasteiger partial charge is 0.130 e. The Morgan fingerprint density at radius 2 is 2.12 bits per heavy atom. The second kappa shape index (κ2) is 5.08. The first kappa shape index (κ1) is 11.1. The van der Waals surface area contributed by atoms with Crippen molar-refractivity contribution in [2.45, 2.75) is 51.2 Å². The van der Waals surface area contributed by atoms with Crippen molar-refractivity contribution in [3.63, 3.8) is 0 Å². The lowest BCUT2D eigenvalue weighted by Crippen LogP contribution is -2.13. The molecular formula is C11H16N4O. The Balaban J connectivity index is 2.27. The first-order valence-corrected chi connectivity index (χ1v) is 5.77. The standard InChI is InChI=1S/C11H16N4O/c12-6-7-15-11(10(8-16)13-14-15)9-4-2-1-3-5-9/h9,16H,1-5,7-8H2. The van der Waals surface area contributed by atoms with Crippen molar-refractivity contribution in [2.24, 2.45) is 0 Å². The van der Waals surface area contributed by atoms with Crippen molar-refractivity contribution >= 4 is 0 Å². The summed E-state index contributed by atoms with van der Waals surface area (Å²) in [6.07, 6.45) is 5.95. The maximum Gasteiger partial charge on any atom is 0.130 e. The van der Waals surface area contributed by atoms with E-state index in [4.69, 9.17) is 5.26 Å². The lowest BCUT2D eigenvalue weighted by Gasteiger charge is -2.22. The highest BCUT2D eigenvalue weighted by Crippen LogP contribution is 2.33. The summed E-state index contributed by atoms with van der Waals surface area (Å²) in [4.78, 5) is 0. The van der Waals surface area contributed by atoms with Crippen molar-refractivity contribution in [1.29, 1.82) is 5.26 Å². The molecule has 0 bridgehead atoms. The molecule has 0 radical (unpaired) electrons. The molecule has 1 aliphatic carbocycles. The second-order valence-corrected chi connectivity index (χ2v) is 4.23. The van der Waals surface area contributed by atoms with Gasteiger partial charge in [0.25, 0.3) is 0 Å². The highest BCUT2D eigenvalue weighted by Gasteiger charge is 2.23. The Bertz CT molecular complexity index is 387. The molecule has 0 atom stereocenters. The molecule has 1 aliphatic rings. The Kier molecular flexibility index (Phi) is 3.52. The fourth-order valence-corrected chi connectivity index (χ4v) is 2.48. The topological polar surface area (TPSA) is 74.7 Å². The van der Waals surface area contributed by atoms with E-state index in [2.05, 4.69) is 16.4 Å². The first-order chi connectivity index (χ1) is 7.86. The van der Waals surface area contributed by atoms with E-state index < -0.39 is 0 Å². The van der Waals surface area contributed by atoms with E-state index in [0.717, 1.165) is 18.5 Å². The van der Waals surface area contributed by atoms with Crippen molar-refractivity contribution in [3.8, 4) is 6.07 Å². The molecule has 0 saturated heterocycles. The van der Waals surface area contributed by atoms with Gasteiger partial charge in [0.15, 0.2) is 0 Å². The van der Waals surface area contributed by atoms with Crippen LogP contribution in [0, 0.1) is 11.3 Å². The molecule has 1 aromatic rings. The molecule has 16 heavy (non-hydrogen) atoms. The highest BCUT2D eigenvalue weighted by molar-refractivity contribution is 5.16. The fourth-order valence-electron chi connectivity index (χ4n) is 2.48. The van der Waals surface area contributed by atoms with Crippen LogP contribution in [0.4, 0.5) is 0 Å². The average Bonchev–Trinajstić information content (AvgIpc) is 2.74. The maximum absolute atomic E-state index is 9.23. The molecule has 1 N–H and O–H groups in total.